The first-order valence-corrected chi connectivity index (χ1v) is 9.55. The van der Waals surface area contributed by atoms with E-state index in [1.165, 1.54) is 18.2 Å². The van der Waals surface area contributed by atoms with Gasteiger partial charge in [0.2, 0.25) is 0 Å². The molecule has 0 atom stereocenters. The number of benzene rings is 3. The van der Waals surface area contributed by atoms with E-state index in [-0.39, 0.29) is 30.0 Å². The van der Waals surface area contributed by atoms with Crippen LogP contribution in [-0.2, 0) is 17.9 Å². The van der Waals surface area contributed by atoms with E-state index in [2.05, 4.69) is 5.32 Å². The van der Waals surface area contributed by atoms with E-state index in [1.807, 2.05) is 66.7 Å². The summed E-state index contributed by atoms with van der Waals surface area (Å²) in [6, 6.07) is 25.1. The van der Waals surface area contributed by atoms with Crippen LogP contribution in [0.15, 0.2) is 84.4 Å². The molecule has 1 amide bonds. The average Bonchev–Trinajstić information content (AvgIpc) is 2.81. The second-order valence-electron chi connectivity index (χ2n) is 6.67. The van der Waals surface area contributed by atoms with Gasteiger partial charge in [0.1, 0.15) is 29.6 Å². The minimum atomic E-state index is -1.16. The van der Waals surface area contributed by atoms with Crippen LogP contribution < -0.4 is 10.1 Å². The maximum Gasteiger partial charge on any atom is 0.339 e. The molecule has 0 aliphatic rings. The van der Waals surface area contributed by atoms with Crippen molar-refractivity contribution in [3.05, 3.63) is 107 Å². The SMILES string of the molecule is N#C/C(=C/c1ccc(OCc2ccccc2)c(C(=O)O)c1)C(=O)NCc1ccccc1. The zero-order valence-electron chi connectivity index (χ0n) is 16.6. The van der Waals surface area contributed by atoms with Crippen LogP contribution in [0.2, 0.25) is 0 Å². The Morgan fingerprint density at radius 2 is 1.61 bits per heavy atom. The van der Waals surface area contributed by atoms with E-state index in [1.54, 1.807) is 6.07 Å². The Kier molecular flexibility index (Phi) is 7.17. The lowest BCUT2D eigenvalue weighted by Crippen LogP contribution is -2.23. The monoisotopic (exact) mass is 412 g/mol. The van der Waals surface area contributed by atoms with Gasteiger partial charge in [0.25, 0.3) is 5.91 Å². The third kappa shape index (κ3) is 6.05. The van der Waals surface area contributed by atoms with Gasteiger partial charge in [-0.25, -0.2) is 4.79 Å². The molecule has 0 aromatic heterocycles. The first-order chi connectivity index (χ1) is 15.1. The minimum Gasteiger partial charge on any atom is -0.488 e. The number of carbonyl (C=O) groups excluding carboxylic acids is 1. The fraction of sp³-hybridized carbons (Fsp3) is 0.0800. The van der Waals surface area contributed by atoms with Crippen LogP contribution in [0.25, 0.3) is 6.08 Å². The number of ether oxygens (including phenoxy) is 1. The van der Waals surface area contributed by atoms with Crippen molar-refractivity contribution in [1.82, 2.24) is 5.32 Å². The quantitative estimate of drug-likeness (QED) is 0.427. The Balaban J connectivity index is 1.75. The third-order valence-electron chi connectivity index (χ3n) is 4.44. The van der Waals surface area contributed by atoms with Crippen LogP contribution in [-0.4, -0.2) is 17.0 Å². The summed E-state index contributed by atoms with van der Waals surface area (Å²) < 4.78 is 5.66. The molecule has 3 rings (SSSR count). The Morgan fingerprint density at radius 3 is 2.23 bits per heavy atom. The van der Waals surface area contributed by atoms with Gasteiger partial charge in [0.05, 0.1) is 0 Å². The fourth-order valence-electron chi connectivity index (χ4n) is 2.85. The molecule has 0 radical (unpaired) electrons. The van der Waals surface area contributed by atoms with Gasteiger partial charge in [0, 0.05) is 6.54 Å². The summed E-state index contributed by atoms with van der Waals surface area (Å²) in [6.45, 7) is 0.507. The lowest BCUT2D eigenvalue weighted by atomic mass is 10.1. The molecule has 0 spiro atoms. The molecule has 0 aliphatic carbocycles. The minimum absolute atomic E-state index is 0.0494. The fourth-order valence-corrected chi connectivity index (χ4v) is 2.85. The molecule has 31 heavy (non-hydrogen) atoms. The zero-order chi connectivity index (χ0) is 22.1. The molecule has 0 aliphatic heterocycles. The van der Waals surface area contributed by atoms with Gasteiger partial charge in [-0.1, -0.05) is 66.7 Å². The van der Waals surface area contributed by atoms with E-state index in [9.17, 15) is 20.0 Å². The van der Waals surface area contributed by atoms with Crippen molar-refractivity contribution >= 4 is 18.0 Å². The summed E-state index contributed by atoms with van der Waals surface area (Å²) in [5.41, 5.74) is 2.05. The molecule has 0 saturated heterocycles. The van der Waals surface area contributed by atoms with E-state index in [0.29, 0.717) is 5.56 Å². The summed E-state index contributed by atoms with van der Waals surface area (Å²) in [7, 11) is 0. The standard InChI is InChI=1S/C25H20N2O4/c26-15-21(24(28)27-16-18-7-3-1-4-8-18)13-20-11-12-23(22(14-20)25(29)30)31-17-19-9-5-2-6-10-19/h1-14H,16-17H2,(H,27,28)(H,29,30)/b21-13-. The number of nitriles is 1. The number of aromatic carboxylic acids is 1. The largest absolute Gasteiger partial charge is 0.488 e. The lowest BCUT2D eigenvalue weighted by molar-refractivity contribution is -0.117. The maximum atomic E-state index is 12.4. The Morgan fingerprint density at radius 1 is 0.968 bits per heavy atom. The molecule has 6 nitrogen and oxygen atoms in total. The van der Waals surface area contributed by atoms with Crippen molar-refractivity contribution in [1.29, 1.82) is 5.26 Å². The molecule has 0 saturated carbocycles. The molecular weight excluding hydrogens is 392 g/mol. The topological polar surface area (TPSA) is 99.4 Å². The first-order valence-electron chi connectivity index (χ1n) is 9.55. The van der Waals surface area contributed by atoms with Crippen molar-refractivity contribution < 1.29 is 19.4 Å². The van der Waals surface area contributed by atoms with Crippen LogP contribution in [0.3, 0.4) is 0 Å². The molecule has 3 aromatic carbocycles. The number of carboxylic acid groups (broad SMARTS) is 1. The number of nitrogens with one attached hydrogen (secondary N) is 1. The molecular formula is C25H20N2O4. The highest BCUT2D eigenvalue weighted by Crippen LogP contribution is 2.23. The average molecular weight is 412 g/mol. The Labute approximate surface area is 180 Å². The van der Waals surface area contributed by atoms with Crippen LogP contribution in [0.4, 0.5) is 0 Å². The highest BCUT2D eigenvalue weighted by molar-refractivity contribution is 6.02. The van der Waals surface area contributed by atoms with E-state index >= 15 is 0 Å². The second-order valence-corrected chi connectivity index (χ2v) is 6.67. The zero-order valence-corrected chi connectivity index (χ0v) is 16.6. The number of rotatable bonds is 8. The molecule has 6 heteroatoms. The molecule has 0 bridgehead atoms. The van der Waals surface area contributed by atoms with Crippen LogP contribution >= 0.6 is 0 Å². The maximum absolute atomic E-state index is 12.4. The summed E-state index contributed by atoms with van der Waals surface area (Å²) in [5.74, 6) is -1.49. The lowest BCUT2D eigenvalue weighted by Gasteiger charge is -2.10. The smallest absolute Gasteiger partial charge is 0.339 e. The summed E-state index contributed by atoms with van der Waals surface area (Å²) >= 11 is 0. The number of carboxylic acids is 1. The van der Waals surface area contributed by atoms with Gasteiger partial charge >= 0.3 is 5.97 Å². The van der Waals surface area contributed by atoms with Crippen molar-refractivity contribution in [2.24, 2.45) is 0 Å². The highest BCUT2D eigenvalue weighted by atomic mass is 16.5. The van der Waals surface area contributed by atoms with Gasteiger partial charge in [-0.2, -0.15) is 5.26 Å². The highest BCUT2D eigenvalue weighted by Gasteiger charge is 2.14. The van der Waals surface area contributed by atoms with E-state index in [4.69, 9.17) is 4.74 Å². The van der Waals surface area contributed by atoms with Crippen LogP contribution in [0, 0.1) is 11.3 Å². The number of carbonyl (C=O) groups is 2. The summed E-state index contributed by atoms with van der Waals surface area (Å²) in [4.78, 5) is 24.0. The van der Waals surface area contributed by atoms with Gasteiger partial charge in [-0.15, -0.1) is 0 Å². The number of amides is 1. The van der Waals surface area contributed by atoms with Crippen LogP contribution in [0.5, 0.6) is 5.75 Å². The predicted molar refractivity (Wildman–Crippen MR) is 116 cm³/mol. The second kappa shape index (κ2) is 10.4. The Hall–Kier alpha value is -4.37. The number of nitrogens with zero attached hydrogens (tertiary/aromatic N) is 1. The van der Waals surface area contributed by atoms with E-state index in [0.717, 1.165) is 11.1 Å². The first kappa shape index (κ1) is 21.3. The van der Waals surface area contributed by atoms with E-state index < -0.39 is 11.9 Å². The summed E-state index contributed by atoms with van der Waals surface area (Å²) in [6.07, 6.45) is 1.35. The van der Waals surface area contributed by atoms with Gasteiger partial charge in [0.15, 0.2) is 0 Å². The van der Waals surface area contributed by atoms with Crippen molar-refractivity contribution in [2.75, 3.05) is 0 Å². The number of hydrogen-bond donors (Lipinski definition) is 2. The third-order valence-corrected chi connectivity index (χ3v) is 4.44. The molecule has 0 fully saturated rings. The predicted octanol–water partition coefficient (Wildman–Crippen LogP) is 4.19. The van der Waals surface area contributed by atoms with Gasteiger partial charge < -0.3 is 15.2 Å². The molecule has 3 aromatic rings. The normalized spacial score (nSPS) is 10.7. The van der Waals surface area contributed by atoms with Gasteiger partial charge in [-0.05, 0) is 34.9 Å². The number of hydrogen-bond acceptors (Lipinski definition) is 4. The van der Waals surface area contributed by atoms with Crippen molar-refractivity contribution in [3.63, 3.8) is 0 Å². The molecule has 0 unspecified atom stereocenters. The van der Waals surface area contributed by atoms with Crippen molar-refractivity contribution in [2.45, 2.75) is 13.2 Å². The summed E-state index contributed by atoms with van der Waals surface area (Å²) in [5, 5.41) is 21.6. The Bertz CT molecular complexity index is 1130. The van der Waals surface area contributed by atoms with Crippen LogP contribution in [0.1, 0.15) is 27.0 Å². The van der Waals surface area contributed by atoms with Gasteiger partial charge in [-0.3, -0.25) is 4.79 Å². The molecule has 154 valence electrons. The molecule has 2 N–H and O–H groups in total. The molecule has 0 heterocycles. The van der Waals surface area contributed by atoms with Crippen molar-refractivity contribution in [3.8, 4) is 11.8 Å².